The average molecular weight is 327 g/mol. The monoisotopic (exact) mass is 326 g/mol. The third kappa shape index (κ3) is 3.24. The Balaban J connectivity index is 2.08. The molecule has 0 aliphatic heterocycles. The van der Waals surface area contributed by atoms with Gasteiger partial charge in [-0.25, -0.2) is 9.67 Å². The van der Waals surface area contributed by atoms with Crippen LogP contribution in [0.1, 0.15) is 11.3 Å². The first-order chi connectivity index (χ1) is 11.2. The highest BCUT2D eigenvalue weighted by Gasteiger charge is 2.12. The lowest BCUT2D eigenvalue weighted by Gasteiger charge is -2.09. The molecule has 5 nitrogen and oxygen atoms in total. The van der Waals surface area contributed by atoms with Crippen molar-refractivity contribution in [3.8, 4) is 17.1 Å². The van der Waals surface area contributed by atoms with Crippen molar-refractivity contribution in [1.29, 1.82) is 0 Å². The number of rotatable bonds is 4. The third-order valence-corrected chi connectivity index (χ3v) is 3.54. The molecule has 0 fully saturated rings. The summed E-state index contributed by atoms with van der Waals surface area (Å²) in [5.74, 6) is 0. The number of methoxy groups -OCH3 is 1. The summed E-state index contributed by atoms with van der Waals surface area (Å²) in [5.41, 5.74) is 4.00. The van der Waals surface area contributed by atoms with Crippen molar-refractivity contribution < 1.29 is 4.74 Å². The van der Waals surface area contributed by atoms with Gasteiger partial charge in [-0.2, -0.15) is 5.10 Å². The zero-order valence-electron chi connectivity index (χ0n) is 12.8. The summed E-state index contributed by atoms with van der Waals surface area (Å²) >= 11 is 6.27. The van der Waals surface area contributed by atoms with E-state index in [0.717, 1.165) is 28.3 Å². The molecule has 0 amide bonds. The van der Waals surface area contributed by atoms with Crippen LogP contribution in [0.25, 0.3) is 23.2 Å². The van der Waals surface area contributed by atoms with Gasteiger partial charge < -0.3 is 4.74 Å². The third-order valence-electron chi connectivity index (χ3n) is 3.25. The van der Waals surface area contributed by atoms with Crippen LogP contribution in [0, 0.1) is 6.92 Å². The molecular weight excluding hydrogens is 312 g/mol. The van der Waals surface area contributed by atoms with E-state index in [9.17, 15) is 0 Å². The molecule has 23 heavy (non-hydrogen) atoms. The molecule has 0 radical (unpaired) electrons. The number of halogens is 1. The first-order valence-corrected chi connectivity index (χ1v) is 7.41. The summed E-state index contributed by atoms with van der Waals surface area (Å²) in [6, 6.07) is 9.57. The first-order valence-electron chi connectivity index (χ1n) is 7.03. The molecule has 116 valence electrons. The van der Waals surface area contributed by atoms with Crippen LogP contribution in [-0.4, -0.2) is 26.9 Å². The Kier molecular flexibility index (Phi) is 4.39. The van der Waals surface area contributed by atoms with E-state index < -0.39 is 0 Å². The largest absolute Gasteiger partial charge is 0.504 e. The Labute approximate surface area is 139 Å². The van der Waals surface area contributed by atoms with E-state index >= 15 is 0 Å². The first kappa shape index (κ1) is 15.2. The van der Waals surface area contributed by atoms with Gasteiger partial charge in [0.1, 0.15) is 10.8 Å². The molecule has 6 heteroatoms. The smallest absolute Gasteiger partial charge is 0.138 e. The summed E-state index contributed by atoms with van der Waals surface area (Å²) in [5, 5.41) is 5.00. The fourth-order valence-electron chi connectivity index (χ4n) is 2.22. The predicted molar refractivity (Wildman–Crippen MR) is 90.4 cm³/mol. The van der Waals surface area contributed by atoms with Gasteiger partial charge in [0.2, 0.25) is 0 Å². The number of aryl methyl sites for hydroxylation is 1. The minimum atomic E-state index is 0.406. The van der Waals surface area contributed by atoms with Gasteiger partial charge in [-0.1, -0.05) is 17.7 Å². The maximum Gasteiger partial charge on any atom is 0.138 e. The van der Waals surface area contributed by atoms with Crippen molar-refractivity contribution >= 4 is 17.7 Å². The Hall–Kier alpha value is -2.66. The molecule has 0 saturated carbocycles. The van der Waals surface area contributed by atoms with Crippen molar-refractivity contribution in [2.75, 3.05) is 7.11 Å². The molecule has 0 aromatic carbocycles. The fourth-order valence-corrected chi connectivity index (χ4v) is 2.51. The molecule has 0 spiro atoms. The van der Waals surface area contributed by atoms with Crippen molar-refractivity contribution in [2.45, 2.75) is 6.92 Å². The highest BCUT2D eigenvalue weighted by molar-refractivity contribution is 6.31. The van der Waals surface area contributed by atoms with Gasteiger partial charge >= 0.3 is 0 Å². The van der Waals surface area contributed by atoms with Gasteiger partial charge in [0, 0.05) is 23.7 Å². The molecule has 0 saturated heterocycles. The number of nitrogens with zero attached hydrogens (tertiary/aromatic N) is 4. The Morgan fingerprint density at radius 2 is 2.09 bits per heavy atom. The van der Waals surface area contributed by atoms with Gasteiger partial charge in [0.25, 0.3) is 0 Å². The molecule has 0 aliphatic rings. The van der Waals surface area contributed by atoms with Crippen molar-refractivity contribution in [2.24, 2.45) is 0 Å². The summed E-state index contributed by atoms with van der Waals surface area (Å²) in [4.78, 5) is 8.60. The highest BCUT2D eigenvalue weighted by Crippen LogP contribution is 2.25. The number of ether oxygens (including phenoxy) is 1. The van der Waals surface area contributed by atoms with E-state index in [1.807, 2.05) is 43.5 Å². The molecule has 3 aromatic heterocycles. The van der Waals surface area contributed by atoms with Crippen molar-refractivity contribution in [1.82, 2.24) is 19.7 Å². The fraction of sp³-hybridized carbons (Fsp3) is 0.118. The van der Waals surface area contributed by atoms with E-state index in [4.69, 9.17) is 16.3 Å². The van der Waals surface area contributed by atoms with Gasteiger partial charge in [0.15, 0.2) is 0 Å². The lowest BCUT2D eigenvalue weighted by atomic mass is 10.2. The lowest BCUT2D eigenvalue weighted by Crippen LogP contribution is -2.01. The molecular formula is C17H15ClN4O. The molecule has 3 heterocycles. The Bertz CT molecular complexity index is 843. The topological polar surface area (TPSA) is 52.8 Å². The quantitative estimate of drug-likeness (QED) is 0.539. The molecule has 3 aromatic rings. The second-order valence-electron chi connectivity index (χ2n) is 4.89. The van der Waals surface area contributed by atoms with Gasteiger partial charge in [-0.15, -0.1) is 0 Å². The molecule has 0 aliphatic carbocycles. The van der Waals surface area contributed by atoms with Crippen LogP contribution in [0.15, 0.2) is 49.0 Å². The minimum Gasteiger partial charge on any atom is -0.504 e. The average Bonchev–Trinajstić information content (AvgIpc) is 3.04. The van der Waals surface area contributed by atoms with Crippen molar-refractivity contribution in [3.63, 3.8) is 0 Å². The summed E-state index contributed by atoms with van der Waals surface area (Å²) < 4.78 is 6.75. The molecule has 3 rings (SSSR count). The van der Waals surface area contributed by atoms with Crippen LogP contribution in [0.2, 0.25) is 5.15 Å². The summed E-state index contributed by atoms with van der Waals surface area (Å²) in [6.07, 6.45) is 6.95. The minimum absolute atomic E-state index is 0.406. The predicted octanol–water partition coefficient (Wildman–Crippen LogP) is 3.91. The zero-order chi connectivity index (χ0) is 16.2. The van der Waals surface area contributed by atoms with E-state index in [0.29, 0.717) is 5.15 Å². The van der Waals surface area contributed by atoms with Crippen LogP contribution >= 0.6 is 11.6 Å². The standard InChI is InChI=1S/C17H15ClN4O/c1-12-11-16(13(7-10-23-2)17(18)20-12)22-9-6-15(21-22)14-5-3-4-8-19-14/h3-11H,1-2H3/b10-7+. The van der Waals surface area contributed by atoms with Crippen LogP contribution in [-0.2, 0) is 4.74 Å². The SMILES string of the molecule is CO/C=C/c1c(-n2ccc(-c3ccccn3)n2)cc(C)nc1Cl. The van der Waals surface area contributed by atoms with E-state index in [1.165, 1.54) is 0 Å². The van der Waals surface area contributed by atoms with Crippen LogP contribution in [0.3, 0.4) is 0 Å². The highest BCUT2D eigenvalue weighted by atomic mass is 35.5. The number of pyridine rings is 2. The van der Waals surface area contributed by atoms with E-state index in [2.05, 4.69) is 15.1 Å². The van der Waals surface area contributed by atoms with Crippen LogP contribution in [0.4, 0.5) is 0 Å². The molecule has 0 unspecified atom stereocenters. The second kappa shape index (κ2) is 6.62. The van der Waals surface area contributed by atoms with E-state index in [1.54, 1.807) is 30.3 Å². The zero-order valence-corrected chi connectivity index (χ0v) is 13.5. The van der Waals surface area contributed by atoms with Crippen LogP contribution in [0.5, 0.6) is 0 Å². The summed E-state index contributed by atoms with van der Waals surface area (Å²) in [6.45, 7) is 1.89. The number of hydrogen-bond donors (Lipinski definition) is 0. The van der Waals surface area contributed by atoms with Crippen molar-refractivity contribution in [3.05, 3.63) is 65.4 Å². The second-order valence-corrected chi connectivity index (χ2v) is 5.24. The van der Waals surface area contributed by atoms with Crippen LogP contribution < -0.4 is 0 Å². The van der Waals surface area contributed by atoms with Gasteiger partial charge in [0.05, 0.1) is 24.8 Å². The van der Waals surface area contributed by atoms with Gasteiger partial charge in [-0.3, -0.25) is 4.98 Å². The maximum atomic E-state index is 6.27. The Morgan fingerprint density at radius 1 is 1.22 bits per heavy atom. The normalized spacial score (nSPS) is 11.1. The number of hydrogen-bond acceptors (Lipinski definition) is 4. The number of aromatic nitrogens is 4. The van der Waals surface area contributed by atoms with Gasteiger partial charge in [-0.05, 0) is 37.3 Å². The lowest BCUT2D eigenvalue weighted by molar-refractivity contribution is 0.341. The molecule has 0 bridgehead atoms. The Morgan fingerprint density at radius 3 is 2.83 bits per heavy atom. The molecule has 0 atom stereocenters. The summed E-state index contributed by atoms with van der Waals surface area (Å²) in [7, 11) is 1.58. The molecule has 0 N–H and O–H groups in total. The van der Waals surface area contributed by atoms with E-state index in [-0.39, 0.29) is 0 Å². The maximum absolute atomic E-state index is 6.27.